The highest BCUT2D eigenvalue weighted by molar-refractivity contribution is 5.42. The van der Waals surface area contributed by atoms with Crippen LogP contribution in [0, 0.1) is 20.8 Å². The van der Waals surface area contributed by atoms with E-state index < -0.39 is 0 Å². The van der Waals surface area contributed by atoms with Gasteiger partial charge >= 0.3 is 0 Å². The summed E-state index contributed by atoms with van der Waals surface area (Å²) in [4.78, 5) is 0. The maximum atomic E-state index is 5.93. The third-order valence-corrected chi connectivity index (χ3v) is 3.41. The van der Waals surface area contributed by atoms with Gasteiger partial charge in [0, 0.05) is 0 Å². The van der Waals surface area contributed by atoms with Gasteiger partial charge in [-0.25, -0.2) is 0 Å². The molecule has 2 aromatic rings. The third-order valence-electron chi connectivity index (χ3n) is 3.41. The average molecular weight is 287 g/mol. The summed E-state index contributed by atoms with van der Waals surface area (Å²) in [5.74, 6) is 2.78. The molecule has 114 valence electrons. The van der Waals surface area contributed by atoms with Gasteiger partial charge in [0.2, 0.25) is 0 Å². The van der Waals surface area contributed by atoms with Gasteiger partial charge < -0.3 is 14.5 Å². The lowest BCUT2D eigenvalue weighted by Gasteiger charge is -2.12. The fourth-order valence-electron chi connectivity index (χ4n) is 2.52. The predicted octanol–water partition coefficient (Wildman–Crippen LogP) is 4.28. The van der Waals surface area contributed by atoms with Crippen LogP contribution in [0.1, 0.15) is 41.6 Å². The highest BCUT2D eigenvalue weighted by atomic mass is 16.5. The number of rotatable bonds is 7. The lowest BCUT2D eigenvalue weighted by Crippen LogP contribution is -2.13. The summed E-state index contributed by atoms with van der Waals surface area (Å²) in [5, 5.41) is 3.33. The van der Waals surface area contributed by atoms with E-state index in [1.54, 1.807) is 0 Å². The van der Waals surface area contributed by atoms with Crippen molar-refractivity contribution in [2.45, 2.75) is 47.3 Å². The molecule has 0 radical (unpaired) electrons. The van der Waals surface area contributed by atoms with Crippen molar-refractivity contribution in [1.82, 2.24) is 5.32 Å². The van der Waals surface area contributed by atoms with Crippen molar-refractivity contribution in [2.75, 3.05) is 6.54 Å². The van der Waals surface area contributed by atoms with Gasteiger partial charge in [-0.2, -0.15) is 0 Å². The molecular weight excluding hydrogens is 262 g/mol. The molecule has 21 heavy (non-hydrogen) atoms. The molecule has 0 amide bonds. The largest absolute Gasteiger partial charge is 0.485 e. The minimum atomic E-state index is 0.471. The lowest BCUT2D eigenvalue weighted by molar-refractivity contribution is 0.262. The fraction of sp³-hybridized carbons (Fsp3) is 0.444. The van der Waals surface area contributed by atoms with Crippen LogP contribution in [-0.4, -0.2) is 6.54 Å². The molecule has 0 aliphatic carbocycles. The number of furan rings is 1. The van der Waals surface area contributed by atoms with E-state index in [0.717, 1.165) is 36.8 Å². The Morgan fingerprint density at radius 1 is 1.05 bits per heavy atom. The number of ether oxygens (including phenoxy) is 1. The van der Waals surface area contributed by atoms with Gasteiger partial charge in [0.25, 0.3) is 0 Å². The Hall–Kier alpha value is -1.74. The molecule has 0 saturated heterocycles. The highest BCUT2D eigenvalue weighted by Crippen LogP contribution is 2.25. The first-order valence-corrected chi connectivity index (χ1v) is 7.59. The Bertz CT molecular complexity index is 564. The third kappa shape index (κ3) is 4.36. The predicted molar refractivity (Wildman–Crippen MR) is 85.7 cm³/mol. The molecule has 0 saturated carbocycles. The van der Waals surface area contributed by atoms with E-state index >= 15 is 0 Å². The van der Waals surface area contributed by atoms with Gasteiger partial charge in [-0.3, -0.25) is 0 Å². The Morgan fingerprint density at radius 3 is 2.38 bits per heavy atom. The van der Waals surface area contributed by atoms with E-state index in [1.165, 1.54) is 16.7 Å². The normalized spacial score (nSPS) is 10.9. The molecule has 0 atom stereocenters. The van der Waals surface area contributed by atoms with Crippen molar-refractivity contribution >= 4 is 0 Å². The summed E-state index contributed by atoms with van der Waals surface area (Å²) in [6.07, 6.45) is 1.13. The SMILES string of the molecule is CCCNCc1ccc(COc2c(C)cc(C)cc2C)o1. The molecule has 1 aromatic heterocycles. The van der Waals surface area contributed by atoms with E-state index in [9.17, 15) is 0 Å². The minimum absolute atomic E-state index is 0.471. The smallest absolute Gasteiger partial charge is 0.146 e. The molecule has 0 aliphatic heterocycles. The van der Waals surface area contributed by atoms with Gasteiger partial charge in [0.15, 0.2) is 0 Å². The zero-order chi connectivity index (χ0) is 15.2. The molecule has 0 spiro atoms. The first kappa shape index (κ1) is 15.6. The summed E-state index contributed by atoms with van der Waals surface area (Å²) in [7, 11) is 0. The average Bonchev–Trinajstić information content (AvgIpc) is 2.86. The molecule has 2 rings (SSSR count). The Kier molecular flexibility index (Phi) is 5.45. The molecule has 0 unspecified atom stereocenters. The Morgan fingerprint density at radius 2 is 1.71 bits per heavy atom. The minimum Gasteiger partial charge on any atom is -0.485 e. The topological polar surface area (TPSA) is 34.4 Å². The van der Waals surface area contributed by atoms with Crippen molar-refractivity contribution < 1.29 is 9.15 Å². The van der Waals surface area contributed by atoms with E-state index in [0.29, 0.717) is 6.61 Å². The standard InChI is InChI=1S/C18H25NO2/c1-5-8-19-11-16-6-7-17(21-16)12-20-18-14(3)9-13(2)10-15(18)4/h6-7,9-10,19H,5,8,11-12H2,1-4H3. The van der Waals surface area contributed by atoms with Crippen LogP contribution in [0.25, 0.3) is 0 Å². The van der Waals surface area contributed by atoms with Crippen molar-refractivity contribution in [2.24, 2.45) is 0 Å². The molecule has 1 N–H and O–H groups in total. The molecule has 1 heterocycles. The molecule has 3 heteroatoms. The van der Waals surface area contributed by atoms with Crippen LogP contribution >= 0.6 is 0 Å². The summed E-state index contributed by atoms with van der Waals surface area (Å²) in [5.41, 5.74) is 3.60. The lowest BCUT2D eigenvalue weighted by atomic mass is 10.1. The summed E-state index contributed by atoms with van der Waals surface area (Å²) in [6, 6.07) is 8.28. The van der Waals surface area contributed by atoms with E-state index in [4.69, 9.17) is 9.15 Å². The van der Waals surface area contributed by atoms with Crippen LogP contribution in [0.2, 0.25) is 0 Å². The number of benzene rings is 1. The van der Waals surface area contributed by atoms with E-state index in [1.807, 2.05) is 12.1 Å². The van der Waals surface area contributed by atoms with Crippen molar-refractivity contribution in [3.63, 3.8) is 0 Å². The van der Waals surface area contributed by atoms with Crippen LogP contribution in [0.15, 0.2) is 28.7 Å². The Labute approximate surface area is 127 Å². The molecule has 0 fully saturated rings. The van der Waals surface area contributed by atoms with Gasteiger partial charge in [0.05, 0.1) is 6.54 Å². The maximum Gasteiger partial charge on any atom is 0.146 e. The Balaban J connectivity index is 1.94. The van der Waals surface area contributed by atoms with Crippen molar-refractivity contribution in [3.8, 4) is 5.75 Å². The summed E-state index contributed by atoms with van der Waals surface area (Å²) < 4.78 is 11.7. The second kappa shape index (κ2) is 7.32. The quantitative estimate of drug-likeness (QED) is 0.772. The highest BCUT2D eigenvalue weighted by Gasteiger charge is 2.07. The van der Waals surface area contributed by atoms with Gasteiger partial charge in [-0.15, -0.1) is 0 Å². The van der Waals surface area contributed by atoms with Crippen LogP contribution < -0.4 is 10.1 Å². The number of aryl methyl sites for hydroxylation is 3. The van der Waals surface area contributed by atoms with Gasteiger partial charge in [0.1, 0.15) is 23.9 Å². The fourth-order valence-corrected chi connectivity index (χ4v) is 2.52. The van der Waals surface area contributed by atoms with Crippen LogP contribution in [-0.2, 0) is 13.2 Å². The van der Waals surface area contributed by atoms with Crippen LogP contribution in [0.5, 0.6) is 5.75 Å². The van der Waals surface area contributed by atoms with Gasteiger partial charge in [-0.1, -0.05) is 24.6 Å². The molecule has 3 nitrogen and oxygen atoms in total. The second-order valence-corrected chi connectivity index (χ2v) is 5.56. The summed E-state index contributed by atoms with van der Waals surface area (Å²) >= 11 is 0. The van der Waals surface area contributed by atoms with Gasteiger partial charge in [-0.05, 0) is 57.0 Å². The number of hydrogen-bond acceptors (Lipinski definition) is 3. The number of hydrogen-bond donors (Lipinski definition) is 1. The molecular formula is C18H25NO2. The van der Waals surface area contributed by atoms with Crippen molar-refractivity contribution in [3.05, 3.63) is 52.5 Å². The number of nitrogens with one attached hydrogen (secondary N) is 1. The van der Waals surface area contributed by atoms with Crippen LogP contribution in [0.4, 0.5) is 0 Å². The second-order valence-electron chi connectivity index (χ2n) is 5.56. The monoisotopic (exact) mass is 287 g/mol. The molecule has 0 aliphatic rings. The zero-order valence-corrected chi connectivity index (χ0v) is 13.5. The van der Waals surface area contributed by atoms with E-state index in [2.05, 4.69) is 45.1 Å². The van der Waals surface area contributed by atoms with Crippen molar-refractivity contribution in [1.29, 1.82) is 0 Å². The molecule has 0 bridgehead atoms. The molecule has 1 aromatic carbocycles. The van der Waals surface area contributed by atoms with Crippen LogP contribution in [0.3, 0.4) is 0 Å². The first-order chi connectivity index (χ1) is 10.1. The van der Waals surface area contributed by atoms with E-state index in [-0.39, 0.29) is 0 Å². The summed E-state index contributed by atoms with van der Waals surface area (Å²) in [6.45, 7) is 10.7. The maximum absolute atomic E-state index is 5.93. The zero-order valence-electron chi connectivity index (χ0n) is 13.5. The first-order valence-electron chi connectivity index (χ1n) is 7.59.